The van der Waals surface area contributed by atoms with E-state index in [4.69, 9.17) is 0 Å². The first-order valence-corrected chi connectivity index (χ1v) is 8.97. The van der Waals surface area contributed by atoms with Gasteiger partial charge in [0.05, 0.1) is 13.1 Å². The summed E-state index contributed by atoms with van der Waals surface area (Å²) in [4.78, 5) is 14.5. The molecule has 1 saturated heterocycles. The summed E-state index contributed by atoms with van der Waals surface area (Å²) in [5.41, 5.74) is 1.52. The second-order valence-electron chi connectivity index (χ2n) is 6.70. The fraction of sp³-hybridized carbons (Fsp3) is 0.667. The van der Waals surface area contributed by atoms with Crippen LogP contribution in [0, 0.1) is 0 Å². The maximum Gasteiger partial charge on any atom is 0.234 e. The average molecular weight is 316 g/mol. The maximum absolute atomic E-state index is 12.2. The van der Waals surface area contributed by atoms with Crippen LogP contribution in [0.4, 0.5) is 0 Å². The van der Waals surface area contributed by atoms with Gasteiger partial charge in [0.25, 0.3) is 0 Å². The number of nitrogens with one attached hydrogen (secondary N) is 1. The number of allylic oxidation sites excluding steroid dienone is 1. The first-order valence-electron chi connectivity index (χ1n) is 8.97. The van der Waals surface area contributed by atoms with Gasteiger partial charge in [-0.3, -0.25) is 14.4 Å². The Balaban J connectivity index is 1.39. The number of likely N-dealkylation sites (tertiary alicyclic amines) is 1. The molecule has 3 rings (SSSR count). The average Bonchev–Trinajstić information content (AvgIpc) is 3.22. The maximum atomic E-state index is 12.2. The minimum atomic E-state index is 0.161. The zero-order valence-electron chi connectivity index (χ0n) is 13.9. The van der Waals surface area contributed by atoms with Gasteiger partial charge in [-0.2, -0.15) is 5.10 Å². The topological polar surface area (TPSA) is 50.2 Å². The molecule has 1 aliphatic carbocycles. The summed E-state index contributed by atoms with van der Waals surface area (Å²) in [5, 5.41) is 7.37. The largest absolute Gasteiger partial charge is 0.355 e. The van der Waals surface area contributed by atoms with E-state index in [9.17, 15) is 4.79 Å². The molecule has 1 aromatic rings. The SMILES string of the molecule is O=C(CN1CCC[C@H]1Cn1cccn1)NCCC1=CCCCC1. The molecule has 1 aliphatic heterocycles. The molecule has 0 aromatic carbocycles. The molecule has 5 heteroatoms. The normalized spacial score (nSPS) is 22.1. The lowest BCUT2D eigenvalue weighted by Crippen LogP contribution is -2.41. The lowest BCUT2D eigenvalue weighted by molar-refractivity contribution is -0.122. The Hall–Kier alpha value is -1.62. The Morgan fingerprint density at radius 3 is 3.09 bits per heavy atom. The molecule has 0 bridgehead atoms. The quantitative estimate of drug-likeness (QED) is 0.786. The summed E-state index contributed by atoms with van der Waals surface area (Å²) in [5.74, 6) is 0.161. The van der Waals surface area contributed by atoms with Crippen molar-refractivity contribution >= 4 is 5.91 Å². The molecule has 5 nitrogen and oxygen atoms in total. The van der Waals surface area contributed by atoms with E-state index in [0.717, 1.165) is 32.5 Å². The van der Waals surface area contributed by atoms with Crippen LogP contribution < -0.4 is 5.32 Å². The van der Waals surface area contributed by atoms with Crippen LogP contribution >= 0.6 is 0 Å². The molecule has 1 fully saturated rings. The van der Waals surface area contributed by atoms with Crippen LogP contribution in [-0.2, 0) is 11.3 Å². The number of carbonyl (C=O) groups excluding carboxylic acids is 1. The summed E-state index contributed by atoms with van der Waals surface area (Å²) in [6, 6.07) is 2.38. The van der Waals surface area contributed by atoms with Crippen molar-refractivity contribution in [2.75, 3.05) is 19.6 Å². The number of nitrogens with zero attached hydrogens (tertiary/aromatic N) is 3. The summed E-state index contributed by atoms with van der Waals surface area (Å²) in [6.45, 7) is 3.20. The van der Waals surface area contributed by atoms with Crippen molar-refractivity contribution in [3.05, 3.63) is 30.1 Å². The van der Waals surface area contributed by atoms with Crippen LogP contribution in [0.5, 0.6) is 0 Å². The second kappa shape index (κ2) is 8.29. The highest BCUT2D eigenvalue weighted by Crippen LogP contribution is 2.20. The molecular weight excluding hydrogens is 288 g/mol. The highest BCUT2D eigenvalue weighted by molar-refractivity contribution is 5.78. The van der Waals surface area contributed by atoms with Gasteiger partial charge in [0.2, 0.25) is 5.91 Å². The zero-order valence-corrected chi connectivity index (χ0v) is 13.9. The van der Waals surface area contributed by atoms with E-state index in [1.807, 2.05) is 23.1 Å². The summed E-state index contributed by atoms with van der Waals surface area (Å²) in [6.07, 6.45) is 14.6. The predicted octanol–water partition coefficient (Wildman–Crippen LogP) is 2.35. The number of rotatable bonds is 7. The number of hydrogen-bond donors (Lipinski definition) is 1. The van der Waals surface area contributed by atoms with Gasteiger partial charge in [-0.05, 0) is 57.6 Å². The van der Waals surface area contributed by atoms with Crippen LogP contribution in [0.2, 0.25) is 0 Å². The molecule has 1 atom stereocenters. The first-order chi connectivity index (χ1) is 11.3. The summed E-state index contributed by atoms with van der Waals surface area (Å²) in [7, 11) is 0. The van der Waals surface area contributed by atoms with E-state index in [1.54, 1.807) is 0 Å². The van der Waals surface area contributed by atoms with E-state index in [1.165, 1.54) is 37.7 Å². The van der Waals surface area contributed by atoms with E-state index in [0.29, 0.717) is 12.6 Å². The molecule has 2 heterocycles. The van der Waals surface area contributed by atoms with Gasteiger partial charge >= 0.3 is 0 Å². The number of aromatic nitrogens is 2. The standard InChI is InChI=1S/C18H28N4O/c23-18(19-11-9-16-6-2-1-3-7-16)15-21-12-4-8-17(21)14-22-13-5-10-20-22/h5-6,10,13,17H,1-4,7-9,11-12,14-15H2,(H,19,23)/t17-/m0/s1. The molecule has 1 aromatic heterocycles. The minimum absolute atomic E-state index is 0.161. The second-order valence-corrected chi connectivity index (χ2v) is 6.70. The van der Waals surface area contributed by atoms with Gasteiger partial charge in [0, 0.05) is 25.0 Å². The van der Waals surface area contributed by atoms with Crippen molar-refractivity contribution < 1.29 is 4.79 Å². The molecule has 0 unspecified atom stereocenters. The lowest BCUT2D eigenvalue weighted by atomic mass is 9.97. The highest BCUT2D eigenvalue weighted by Gasteiger charge is 2.26. The lowest BCUT2D eigenvalue weighted by Gasteiger charge is -2.24. The van der Waals surface area contributed by atoms with E-state index in [2.05, 4.69) is 21.4 Å². The summed E-state index contributed by atoms with van der Waals surface area (Å²) >= 11 is 0. The fourth-order valence-corrected chi connectivity index (χ4v) is 3.67. The van der Waals surface area contributed by atoms with Crippen LogP contribution in [0.3, 0.4) is 0 Å². The third-order valence-electron chi connectivity index (χ3n) is 4.96. The molecule has 0 spiro atoms. The molecule has 2 aliphatic rings. The monoisotopic (exact) mass is 316 g/mol. The zero-order chi connectivity index (χ0) is 15.9. The Morgan fingerprint density at radius 2 is 2.30 bits per heavy atom. The van der Waals surface area contributed by atoms with Crippen molar-refractivity contribution in [1.82, 2.24) is 20.0 Å². The first kappa shape index (κ1) is 16.2. The van der Waals surface area contributed by atoms with E-state index in [-0.39, 0.29) is 5.91 Å². The van der Waals surface area contributed by atoms with Gasteiger partial charge in [0.15, 0.2) is 0 Å². The van der Waals surface area contributed by atoms with E-state index < -0.39 is 0 Å². The van der Waals surface area contributed by atoms with Gasteiger partial charge in [-0.1, -0.05) is 11.6 Å². The number of amides is 1. The van der Waals surface area contributed by atoms with Crippen molar-refractivity contribution in [2.45, 2.75) is 57.5 Å². The highest BCUT2D eigenvalue weighted by atomic mass is 16.2. The Kier molecular flexibility index (Phi) is 5.86. The minimum Gasteiger partial charge on any atom is -0.355 e. The predicted molar refractivity (Wildman–Crippen MR) is 91.0 cm³/mol. The van der Waals surface area contributed by atoms with Crippen molar-refractivity contribution in [3.8, 4) is 0 Å². The van der Waals surface area contributed by atoms with Crippen LogP contribution in [0.25, 0.3) is 0 Å². The van der Waals surface area contributed by atoms with Gasteiger partial charge in [-0.15, -0.1) is 0 Å². The number of hydrogen-bond acceptors (Lipinski definition) is 3. The Labute approximate surface area is 138 Å². The van der Waals surface area contributed by atoms with Crippen LogP contribution in [0.15, 0.2) is 30.1 Å². The molecular formula is C18H28N4O. The number of carbonyl (C=O) groups is 1. The van der Waals surface area contributed by atoms with Gasteiger partial charge in [0.1, 0.15) is 0 Å². The molecule has 1 N–H and O–H groups in total. The van der Waals surface area contributed by atoms with Crippen LogP contribution in [0.1, 0.15) is 44.9 Å². The van der Waals surface area contributed by atoms with Crippen LogP contribution in [-0.4, -0.2) is 46.3 Å². The molecule has 0 saturated carbocycles. The van der Waals surface area contributed by atoms with E-state index >= 15 is 0 Å². The van der Waals surface area contributed by atoms with Crippen molar-refractivity contribution in [1.29, 1.82) is 0 Å². The van der Waals surface area contributed by atoms with Crippen molar-refractivity contribution in [3.63, 3.8) is 0 Å². The Bertz CT molecular complexity index is 523. The molecule has 0 radical (unpaired) electrons. The summed E-state index contributed by atoms with van der Waals surface area (Å²) < 4.78 is 1.97. The van der Waals surface area contributed by atoms with Gasteiger partial charge < -0.3 is 5.32 Å². The van der Waals surface area contributed by atoms with Crippen molar-refractivity contribution in [2.24, 2.45) is 0 Å². The molecule has 23 heavy (non-hydrogen) atoms. The Morgan fingerprint density at radius 1 is 1.35 bits per heavy atom. The van der Waals surface area contributed by atoms with Gasteiger partial charge in [-0.25, -0.2) is 0 Å². The third-order valence-corrected chi connectivity index (χ3v) is 4.96. The smallest absolute Gasteiger partial charge is 0.234 e. The molecule has 126 valence electrons. The fourth-order valence-electron chi connectivity index (χ4n) is 3.67. The third kappa shape index (κ3) is 4.93. The molecule has 1 amide bonds.